The minimum Gasteiger partial charge on any atom is -0.378 e. The Morgan fingerprint density at radius 1 is 1.04 bits per heavy atom. The Kier molecular flexibility index (Phi) is 4.67. The van der Waals surface area contributed by atoms with Crippen molar-refractivity contribution in [3.05, 3.63) is 64.8 Å². The fraction of sp³-hybridized carbons (Fsp3) is 0.158. The van der Waals surface area contributed by atoms with Crippen LogP contribution >= 0.6 is 11.6 Å². The molecule has 0 aliphatic heterocycles. The summed E-state index contributed by atoms with van der Waals surface area (Å²) in [6, 6.07) is 15.9. The number of H-pyrrole nitrogens is 1. The van der Waals surface area contributed by atoms with Gasteiger partial charge in [-0.25, -0.2) is 4.99 Å². The zero-order chi connectivity index (χ0) is 17.1. The Morgan fingerprint density at radius 3 is 2.33 bits per heavy atom. The number of nitrogens with zero attached hydrogens (tertiary/aromatic N) is 3. The number of aryl methyl sites for hydroxylation is 1. The largest absolute Gasteiger partial charge is 0.378 e. The van der Waals surface area contributed by atoms with E-state index < -0.39 is 0 Å². The molecule has 24 heavy (non-hydrogen) atoms. The Labute approximate surface area is 146 Å². The number of halogens is 1. The summed E-state index contributed by atoms with van der Waals surface area (Å²) < 4.78 is 0. The predicted octanol–water partition coefficient (Wildman–Crippen LogP) is 4.86. The molecule has 0 aliphatic carbocycles. The molecule has 5 heteroatoms. The smallest absolute Gasteiger partial charge is 0.181 e. The highest BCUT2D eigenvalue weighted by Gasteiger charge is 2.11. The molecule has 0 unspecified atom stereocenters. The molecule has 1 N–H and O–H groups in total. The topological polar surface area (TPSA) is 44.3 Å². The van der Waals surface area contributed by atoms with Crippen molar-refractivity contribution in [3.63, 3.8) is 0 Å². The van der Waals surface area contributed by atoms with Crippen molar-refractivity contribution in [2.75, 3.05) is 19.0 Å². The third-order valence-corrected chi connectivity index (χ3v) is 4.06. The van der Waals surface area contributed by atoms with Gasteiger partial charge in [-0.15, -0.1) is 0 Å². The van der Waals surface area contributed by atoms with Crippen LogP contribution in [0, 0.1) is 6.92 Å². The number of hydrogen-bond donors (Lipinski definition) is 1. The first-order chi connectivity index (χ1) is 11.5. The van der Waals surface area contributed by atoms with Crippen LogP contribution in [-0.4, -0.2) is 30.5 Å². The Bertz CT molecular complexity index is 846. The first-order valence-corrected chi connectivity index (χ1v) is 8.05. The molecule has 1 heterocycles. The second-order valence-corrected chi connectivity index (χ2v) is 6.23. The van der Waals surface area contributed by atoms with Gasteiger partial charge in [0.15, 0.2) is 5.82 Å². The quantitative estimate of drug-likeness (QED) is 0.691. The molecule has 0 aliphatic rings. The van der Waals surface area contributed by atoms with Gasteiger partial charge in [-0.2, -0.15) is 5.10 Å². The van der Waals surface area contributed by atoms with Crippen LogP contribution in [0.1, 0.15) is 11.3 Å². The number of aromatic nitrogens is 2. The van der Waals surface area contributed by atoms with Crippen LogP contribution in [0.5, 0.6) is 0 Å². The molecule has 122 valence electrons. The van der Waals surface area contributed by atoms with E-state index in [0.717, 1.165) is 28.1 Å². The Balaban J connectivity index is 1.89. The third-order valence-electron chi connectivity index (χ3n) is 3.81. The van der Waals surface area contributed by atoms with E-state index >= 15 is 0 Å². The molecule has 0 saturated carbocycles. The number of nitrogens with one attached hydrogen (secondary N) is 1. The lowest BCUT2D eigenvalue weighted by molar-refractivity contribution is 1.04. The van der Waals surface area contributed by atoms with E-state index in [1.54, 1.807) is 0 Å². The molecule has 3 aromatic rings. The average molecular weight is 339 g/mol. The highest BCUT2D eigenvalue weighted by Crippen LogP contribution is 2.32. The molecule has 4 nitrogen and oxygen atoms in total. The molecule has 0 fully saturated rings. The summed E-state index contributed by atoms with van der Waals surface area (Å²) in [4.78, 5) is 6.62. The van der Waals surface area contributed by atoms with Gasteiger partial charge >= 0.3 is 0 Å². The number of anilines is 1. The maximum absolute atomic E-state index is 5.97. The molecule has 0 amide bonds. The van der Waals surface area contributed by atoms with Crippen LogP contribution in [-0.2, 0) is 0 Å². The van der Waals surface area contributed by atoms with E-state index in [2.05, 4.69) is 32.2 Å². The van der Waals surface area contributed by atoms with Crippen molar-refractivity contribution in [1.82, 2.24) is 10.2 Å². The Morgan fingerprint density at radius 2 is 1.71 bits per heavy atom. The number of aromatic amines is 1. The molecule has 2 aromatic carbocycles. The van der Waals surface area contributed by atoms with E-state index in [0.29, 0.717) is 10.8 Å². The molecule has 0 atom stereocenters. The number of rotatable bonds is 4. The third kappa shape index (κ3) is 3.49. The maximum atomic E-state index is 5.97. The molecule has 3 rings (SSSR count). The van der Waals surface area contributed by atoms with E-state index in [1.807, 2.05) is 63.6 Å². The monoisotopic (exact) mass is 338 g/mol. The Hall–Kier alpha value is -2.59. The van der Waals surface area contributed by atoms with Crippen LogP contribution in [0.15, 0.2) is 53.5 Å². The van der Waals surface area contributed by atoms with Gasteiger partial charge in [0.25, 0.3) is 0 Å². The number of hydrogen-bond acceptors (Lipinski definition) is 3. The van der Waals surface area contributed by atoms with Gasteiger partial charge in [-0.05, 0) is 42.3 Å². The number of benzene rings is 2. The zero-order valence-corrected chi connectivity index (χ0v) is 14.7. The first kappa shape index (κ1) is 16.3. The molecular formula is C19H19ClN4. The fourth-order valence-corrected chi connectivity index (χ4v) is 2.59. The summed E-state index contributed by atoms with van der Waals surface area (Å²) in [5.41, 5.74) is 5.20. The van der Waals surface area contributed by atoms with Crippen LogP contribution in [0.25, 0.3) is 11.1 Å². The van der Waals surface area contributed by atoms with Crippen molar-refractivity contribution in [2.24, 2.45) is 4.99 Å². The predicted molar refractivity (Wildman–Crippen MR) is 102 cm³/mol. The highest BCUT2D eigenvalue weighted by atomic mass is 35.5. The molecule has 0 spiro atoms. The van der Waals surface area contributed by atoms with Gasteiger partial charge in [0.2, 0.25) is 0 Å². The lowest BCUT2D eigenvalue weighted by Crippen LogP contribution is -2.08. The van der Waals surface area contributed by atoms with Gasteiger partial charge in [0.1, 0.15) is 0 Å². The van der Waals surface area contributed by atoms with Gasteiger partial charge in [0.05, 0.1) is 0 Å². The SMILES string of the molecule is Cc1[nH]nc(N=Cc2ccc(N(C)C)cc2)c1-c1ccc(Cl)cc1. The lowest BCUT2D eigenvalue weighted by atomic mass is 10.1. The zero-order valence-electron chi connectivity index (χ0n) is 13.9. The summed E-state index contributed by atoms with van der Waals surface area (Å²) in [5, 5.41) is 8.03. The fourth-order valence-electron chi connectivity index (χ4n) is 2.47. The molecule has 0 saturated heterocycles. The summed E-state index contributed by atoms with van der Waals surface area (Å²) in [7, 11) is 4.04. The molecular weight excluding hydrogens is 320 g/mol. The maximum Gasteiger partial charge on any atom is 0.181 e. The summed E-state index contributed by atoms with van der Waals surface area (Å²) in [6.07, 6.45) is 1.83. The van der Waals surface area contributed by atoms with Crippen molar-refractivity contribution in [2.45, 2.75) is 6.92 Å². The van der Waals surface area contributed by atoms with Crippen molar-refractivity contribution in [1.29, 1.82) is 0 Å². The highest BCUT2D eigenvalue weighted by molar-refractivity contribution is 6.30. The normalized spacial score (nSPS) is 11.2. The first-order valence-electron chi connectivity index (χ1n) is 7.67. The van der Waals surface area contributed by atoms with Gasteiger partial charge in [-0.3, -0.25) is 5.10 Å². The second-order valence-electron chi connectivity index (χ2n) is 5.80. The van der Waals surface area contributed by atoms with Gasteiger partial charge in [-0.1, -0.05) is 35.9 Å². The van der Waals surface area contributed by atoms with Gasteiger partial charge in [0, 0.05) is 42.3 Å². The van der Waals surface area contributed by atoms with E-state index in [-0.39, 0.29) is 0 Å². The lowest BCUT2D eigenvalue weighted by Gasteiger charge is -2.11. The van der Waals surface area contributed by atoms with E-state index in [1.165, 1.54) is 0 Å². The second kappa shape index (κ2) is 6.89. The standard InChI is InChI=1S/C19H19ClN4/c1-13-18(15-6-8-16(20)9-7-15)19(23-22-13)21-12-14-4-10-17(11-5-14)24(2)3/h4-12H,1-3H3,(H,22,23). The van der Waals surface area contributed by atoms with Crippen LogP contribution < -0.4 is 4.90 Å². The van der Waals surface area contributed by atoms with Crippen LogP contribution in [0.2, 0.25) is 5.02 Å². The minimum absolute atomic E-state index is 0.673. The molecule has 0 radical (unpaired) electrons. The van der Waals surface area contributed by atoms with Crippen LogP contribution in [0.3, 0.4) is 0 Å². The molecule has 1 aromatic heterocycles. The van der Waals surface area contributed by atoms with E-state index in [4.69, 9.17) is 11.6 Å². The average Bonchev–Trinajstić information content (AvgIpc) is 2.95. The van der Waals surface area contributed by atoms with Crippen molar-refractivity contribution < 1.29 is 0 Å². The van der Waals surface area contributed by atoms with Gasteiger partial charge < -0.3 is 4.90 Å². The van der Waals surface area contributed by atoms with E-state index in [9.17, 15) is 0 Å². The van der Waals surface area contributed by atoms with Crippen LogP contribution in [0.4, 0.5) is 11.5 Å². The summed E-state index contributed by atoms with van der Waals surface area (Å²) in [6.45, 7) is 1.99. The van der Waals surface area contributed by atoms with Crippen molar-refractivity contribution in [3.8, 4) is 11.1 Å². The summed E-state index contributed by atoms with van der Waals surface area (Å²) >= 11 is 5.97. The minimum atomic E-state index is 0.673. The number of aliphatic imine (C=N–C) groups is 1. The van der Waals surface area contributed by atoms with Crippen molar-refractivity contribution >= 4 is 29.3 Å². The summed E-state index contributed by atoms with van der Waals surface area (Å²) in [5.74, 6) is 0.673. The molecule has 0 bridgehead atoms.